The summed E-state index contributed by atoms with van der Waals surface area (Å²) in [5.74, 6) is 0.280. The number of thiophene rings is 1. The molecule has 1 amide bonds. The summed E-state index contributed by atoms with van der Waals surface area (Å²) in [5, 5.41) is 0.855. The third-order valence-corrected chi connectivity index (χ3v) is 6.50. The van der Waals surface area contributed by atoms with Crippen LogP contribution in [0.5, 0.6) is 0 Å². The maximum absolute atomic E-state index is 12.4. The Morgan fingerprint density at radius 3 is 3.05 bits per heavy atom. The zero-order valence-electron chi connectivity index (χ0n) is 12.6. The van der Waals surface area contributed by atoms with Crippen molar-refractivity contribution in [2.45, 2.75) is 49.9 Å². The highest BCUT2D eigenvalue weighted by atomic mass is 32.2. The second-order valence-electron chi connectivity index (χ2n) is 5.82. The Bertz CT molecular complexity index is 781. The van der Waals surface area contributed by atoms with Gasteiger partial charge in [0.25, 0.3) is 5.56 Å². The number of nitrogens with two attached hydrogens (primary N) is 1. The van der Waals surface area contributed by atoms with Crippen LogP contribution in [0.3, 0.4) is 0 Å². The van der Waals surface area contributed by atoms with Crippen LogP contribution in [0.2, 0.25) is 0 Å². The van der Waals surface area contributed by atoms with Gasteiger partial charge in [0, 0.05) is 4.88 Å². The molecule has 0 aliphatic heterocycles. The van der Waals surface area contributed by atoms with E-state index in [1.807, 2.05) is 6.92 Å². The number of amides is 1. The van der Waals surface area contributed by atoms with E-state index in [9.17, 15) is 9.59 Å². The van der Waals surface area contributed by atoms with Crippen molar-refractivity contribution < 1.29 is 4.79 Å². The number of carbonyl (C=O) groups is 1. The van der Waals surface area contributed by atoms with Crippen LogP contribution in [-0.4, -0.2) is 21.1 Å². The fourth-order valence-electron chi connectivity index (χ4n) is 2.86. The van der Waals surface area contributed by atoms with Crippen LogP contribution < -0.4 is 11.3 Å². The molecule has 2 unspecified atom stereocenters. The van der Waals surface area contributed by atoms with Crippen molar-refractivity contribution in [3.05, 3.63) is 20.8 Å². The maximum Gasteiger partial charge on any atom is 0.260 e. The van der Waals surface area contributed by atoms with Gasteiger partial charge in [0.15, 0.2) is 5.16 Å². The molecule has 5 nitrogen and oxygen atoms in total. The number of primary amides is 1. The third kappa shape index (κ3) is 2.79. The Morgan fingerprint density at radius 2 is 2.36 bits per heavy atom. The quantitative estimate of drug-likeness (QED) is 0.662. The molecule has 3 N–H and O–H groups in total. The number of aromatic nitrogens is 2. The van der Waals surface area contributed by atoms with E-state index in [0.717, 1.165) is 29.5 Å². The van der Waals surface area contributed by atoms with Crippen molar-refractivity contribution in [3.8, 4) is 0 Å². The lowest BCUT2D eigenvalue weighted by Crippen LogP contribution is -2.25. The van der Waals surface area contributed by atoms with Crippen molar-refractivity contribution in [1.29, 1.82) is 0 Å². The average Bonchev–Trinajstić information content (AvgIpc) is 2.81. The van der Waals surface area contributed by atoms with Gasteiger partial charge in [-0.3, -0.25) is 9.59 Å². The third-order valence-electron chi connectivity index (χ3n) is 4.09. The minimum Gasteiger partial charge on any atom is -0.369 e. The van der Waals surface area contributed by atoms with E-state index in [2.05, 4.69) is 16.9 Å². The van der Waals surface area contributed by atoms with E-state index in [1.165, 1.54) is 22.2 Å². The number of nitrogens with zero attached hydrogens (tertiary/aromatic N) is 1. The molecule has 0 bridgehead atoms. The first-order valence-corrected chi connectivity index (χ1v) is 9.19. The summed E-state index contributed by atoms with van der Waals surface area (Å²) >= 11 is 2.85. The lowest BCUT2D eigenvalue weighted by atomic mass is 9.89. The summed E-state index contributed by atoms with van der Waals surface area (Å²) < 4.78 is 0. The lowest BCUT2D eigenvalue weighted by molar-refractivity contribution is -0.117. The van der Waals surface area contributed by atoms with Crippen LogP contribution >= 0.6 is 23.1 Å². The second-order valence-corrected chi connectivity index (χ2v) is 8.10. The molecule has 2 aromatic rings. The normalized spacial score (nSPS) is 19.1. The van der Waals surface area contributed by atoms with Gasteiger partial charge in [-0.25, -0.2) is 4.98 Å². The Labute approximate surface area is 136 Å². The van der Waals surface area contributed by atoms with E-state index >= 15 is 0 Å². The van der Waals surface area contributed by atoms with Gasteiger partial charge >= 0.3 is 0 Å². The molecule has 0 saturated carbocycles. The van der Waals surface area contributed by atoms with Crippen LogP contribution in [0.1, 0.15) is 37.1 Å². The molecular formula is C15H19N3O2S2. The topological polar surface area (TPSA) is 88.8 Å². The molecule has 2 heterocycles. The van der Waals surface area contributed by atoms with Gasteiger partial charge in [0.1, 0.15) is 4.83 Å². The predicted molar refractivity (Wildman–Crippen MR) is 90.6 cm³/mol. The van der Waals surface area contributed by atoms with Crippen LogP contribution in [-0.2, 0) is 17.6 Å². The molecule has 7 heteroatoms. The van der Waals surface area contributed by atoms with Crippen LogP contribution in [0.25, 0.3) is 10.2 Å². The molecule has 0 fully saturated rings. The molecular weight excluding hydrogens is 318 g/mol. The second kappa shape index (κ2) is 6.04. The largest absolute Gasteiger partial charge is 0.369 e. The summed E-state index contributed by atoms with van der Waals surface area (Å²) in [6.07, 6.45) is 3.71. The Kier molecular flexibility index (Phi) is 4.27. The number of H-pyrrole nitrogens is 1. The van der Waals surface area contributed by atoms with Gasteiger partial charge in [-0.1, -0.05) is 25.6 Å². The Balaban J connectivity index is 2.02. The Morgan fingerprint density at radius 1 is 1.59 bits per heavy atom. The molecule has 3 rings (SSSR count). The summed E-state index contributed by atoms with van der Waals surface area (Å²) in [4.78, 5) is 33.2. The van der Waals surface area contributed by atoms with Crippen LogP contribution in [0, 0.1) is 5.92 Å². The van der Waals surface area contributed by atoms with Crippen molar-refractivity contribution in [1.82, 2.24) is 9.97 Å². The van der Waals surface area contributed by atoms with E-state index < -0.39 is 0 Å². The van der Waals surface area contributed by atoms with Crippen molar-refractivity contribution in [2.24, 2.45) is 11.7 Å². The fraction of sp³-hybridized carbons (Fsp3) is 0.533. The van der Waals surface area contributed by atoms with E-state index in [0.29, 0.717) is 17.5 Å². The SMILES string of the molecule is CCC(Sc1nc2sc3c(c2c(=O)[nH]1)CCC(C)C3)C(N)=O. The molecule has 118 valence electrons. The highest BCUT2D eigenvalue weighted by molar-refractivity contribution is 8.00. The van der Waals surface area contributed by atoms with Crippen LogP contribution in [0.4, 0.5) is 0 Å². The van der Waals surface area contributed by atoms with Gasteiger partial charge in [0.05, 0.1) is 10.6 Å². The van der Waals surface area contributed by atoms with Gasteiger partial charge in [-0.05, 0) is 37.2 Å². The zero-order chi connectivity index (χ0) is 15.9. The predicted octanol–water partition coefficient (Wildman–Crippen LogP) is 2.47. The summed E-state index contributed by atoms with van der Waals surface area (Å²) in [7, 11) is 0. The molecule has 2 aromatic heterocycles. The van der Waals surface area contributed by atoms with Crippen molar-refractivity contribution >= 4 is 39.2 Å². The molecule has 0 aromatic carbocycles. The first-order chi connectivity index (χ1) is 10.5. The molecule has 2 atom stereocenters. The van der Waals surface area contributed by atoms with E-state index in [-0.39, 0.29) is 16.7 Å². The number of nitrogens with one attached hydrogen (secondary N) is 1. The average molecular weight is 337 g/mol. The summed E-state index contributed by atoms with van der Waals surface area (Å²) in [6.45, 7) is 4.13. The minimum absolute atomic E-state index is 0.0983. The minimum atomic E-state index is -0.380. The van der Waals surface area contributed by atoms with Gasteiger partial charge in [-0.15, -0.1) is 11.3 Å². The highest BCUT2D eigenvalue weighted by Crippen LogP contribution is 2.36. The lowest BCUT2D eigenvalue weighted by Gasteiger charge is -2.17. The number of carbonyl (C=O) groups excluding carboxylic acids is 1. The van der Waals surface area contributed by atoms with Crippen molar-refractivity contribution in [3.63, 3.8) is 0 Å². The number of aromatic amines is 1. The molecule has 0 spiro atoms. The molecule has 1 aliphatic carbocycles. The number of hydrogen-bond donors (Lipinski definition) is 2. The molecule has 0 saturated heterocycles. The zero-order valence-corrected chi connectivity index (χ0v) is 14.3. The number of rotatable bonds is 4. The highest BCUT2D eigenvalue weighted by Gasteiger charge is 2.24. The molecule has 1 aliphatic rings. The van der Waals surface area contributed by atoms with E-state index in [1.54, 1.807) is 11.3 Å². The monoisotopic (exact) mass is 337 g/mol. The Hall–Kier alpha value is -1.34. The number of hydrogen-bond acceptors (Lipinski definition) is 5. The number of aryl methyl sites for hydroxylation is 1. The van der Waals surface area contributed by atoms with E-state index in [4.69, 9.17) is 5.73 Å². The van der Waals surface area contributed by atoms with Gasteiger partial charge in [0.2, 0.25) is 5.91 Å². The summed E-state index contributed by atoms with van der Waals surface area (Å²) in [6, 6.07) is 0. The smallest absolute Gasteiger partial charge is 0.260 e. The first-order valence-electron chi connectivity index (χ1n) is 7.50. The molecule has 0 radical (unpaired) electrons. The fourth-order valence-corrected chi connectivity index (χ4v) is 5.15. The maximum atomic E-state index is 12.4. The first kappa shape index (κ1) is 15.6. The number of fused-ring (bicyclic) bond motifs is 3. The van der Waals surface area contributed by atoms with Crippen LogP contribution in [0.15, 0.2) is 9.95 Å². The van der Waals surface area contributed by atoms with Crippen molar-refractivity contribution in [2.75, 3.05) is 0 Å². The summed E-state index contributed by atoms with van der Waals surface area (Å²) in [5.41, 5.74) is 6.44. The standard InChI is InChI=1S/C15H19N3O2S2/c1-3-9(12(16)19)22-15-17-13(20)11-8-5-4-7(2)6-10(8)21-14(11)18-15/h7,9H,3-6H2,1-2H3,(H2,16,19)(H,17,18,20). The molecule has 22 heavy (non-hydrogen) atoms. The van der Waals surface area contributed by atoms with Gasteiger partial charge < -0.3 is 10.7 Å². The van der Waals surface area contributed by atoms with Gasteiger partial charge in [-0.2, -0.15) is 0 Å². The number of thioether (sulfide) groups is 1.